The number of fused-ring (bicyclic) bond motifs is 1. The molecule has 0 amide bonds. The summed E-state index contributed by atoms with van der Waals surface area (Å²) >= 11 is 0. The molecular weight excluding hydrogens is 238 g/mol. The summed E-state index contributed by atoms with van der Waals surface area (Å²) in [6.45, 7) is 5.38. The van der Waals surface area contributed by atoms with Crippen LogP contribution in [-0.4, -0.2) is 44.8 Å². The Hall–Kier alpha value is -0.870. The van der Waals surface area contributed by atoms with Crippen LogP contribution in [-0.2, 0) is 19.4 Å². The van der Waals surface area contributed by atoms with Crippen LogP contribution in [0, 0.1) is 0 Å². The van der Waals surface area contributed by atoms with Crippen molar-refractivity contribution in [3.8, 4) is 0 Å². The number of aryl methyl sites for hydroxylation is 1. The van der Waals surface area contributed by atoms with E-state index in [2.05, 4.69) is 22.6 Å². The number of hydrogen-bond acceptors (Lipinski definition) is 3. The first-order valence-corrected chi connectivity index (χ1v) is 7.73. The molecular formula is C15H25N3O. The fourth-order valence-corrected chi connectivity index (χ4v) is 3.53. The van der Waals surface area contributed by atoms with Crippen LogP contribution in [0.1, 0.15) is 44.1 Å². The molecule has 0 aromatic carbocycles. The van der Waals surface area contributed by atoms with Crippen molar-refractivity contribution in [3.05, 3.63) is 17.7 Å². The molecule has 2 unspecified atom stereocenters. The zero-order valence-corrected chi connectivity index (χ0v) is 11.9. The molecule has 1 saturated heterocycles. The molecule has 0 spiro atoms. The molecule has 1 aromatic heterocycles. The third-order valence-corrected chi connectivity index (χ3v) is 4.62. The second-order valence-electron chi connectivity index (χ2n) is 5.98. The number of piperidine rings is 1. The molecule has 2 atom stereocenters. The first-order valence-electron chi connectivity index (χ1n) is 7.73. The molecule has 2 aliphatic heterocycles. The smallest absolute Gasteiger partial charge is 0.109 e. The van der Waals surface area contributed by atoms with Crippen LogP contribution in [0.5, 0.6) is 0 Å². The van der Waals surface area contributed by atoms with E-state index in [0.717, 1.165) is 32.4 Å². The van der Waals surface area contributed by atoms with Gasteiger partial charge in [0.2, 0.25) is 0 Å². The molecule has 0 radical (unpaired) electrons. The van der Waals surface area contributed by atoms with Crippen molar-refractivity contribution in [2.24, 2.45) is 0 Å². The van der Waals surface area contributed by atoms with Crippen molar-refractivity contribution in [3.63, 3.8) is 0 Å². The number of aliphatic hydroxyl groups is 1. The van der Waals surface area contributed by atoms with Gasteiger partial charge in [0.1, 0.15) is 5.82 Å². The molecule has 0 aliphatic carbocycles. The minimum Gasteiger partial charge on any atom is -0.391 e. The van der Waals surface area contributed by atoms with E-state index in [4.69, 9.17) is 4.98 Å². The highest BCUT2D eigenvalue weighted by Crippen LogP contribution is 2.22. The van der Waals surface area contributed by atoms with Crippen LogP contribution in [0.2, 0.25) is 0 Å². The Bertz CT molecular complexity index is 429. The van der Waals surface area contributed by atoms with Gasteiger partial charge < -0.3 is 14.6 Å². The lowest BCUT2D eigenvalue weighted by atomic mass is 9.98. The second kappa shape index (κ2) is 5.63. The average molecular weight is 263 g/mol. The number of aromatic nitrogens is 2. The van der Waals surface area contributed by atoms with E-state index < -0.39 is 0 Å². The average Bonchev–Trinajstić information content (AvgIpc) is 2.80. The van der Waals surface area contributed by atoms with E-state index in [1.54, 1.807) is 0 Å². The van der Waals surface area contributed by atoms with Gasteiger partial charge in [-0.2, -0.15) is 0 Å². The van der Waals surface area contributed by atoms with Gasteiger partial charge in [-0.1, -0.05) is 13.3 Å². The van der Waals surface area contributed by atoms with Crippen molar-refractivity contribution >= 4 is 0 Å². The number of aliphatic hydroxyl groups excluding tert-OH is 1. The van der Waals surface area contributed by atoms with Gasteiger partial charge in [-0.25, -0.2) is 4.98 Å². The maximum Gasteiger partial charge on any atom is 0.109 e. The number of hydrogen-bond donors (Lipinski definition) is 1. The fourth-order valence-electron chi connectivity index (χ4n) is 3.53. The third-order valence-electron chi connectivity index (χ3n) is 4.62. The molecule has 1 aromatic rings. The van der Waals surface area contributed by atoms with E-state index in [9.17, 15) is 5.11 Å². The molecule has 3 heterocycles. The van der Waals surface area contributed by atoms with E-state index in [-0.39, 0.29) is 6.10 Å². The largest absolute Gasteiger partial charge is 0.391 e. The lowest BCUT2D eigenvalue weighted by Gasteiger charge is -2.34. The molecule has 106 valence electrons. The van der Waals surface area contributed by atoms with E-state index >= 15 is 0 Å². The maximum atomic E-state index is 9.71. The van der Waals surface area contributed by atoms with Crippen LogP contribution in [0.4, 0.5) is 0 Å². The Labute approximate surface area is 115 Å². The summed E-state index contributed by atoms with van der Waals surface area (Å²) in [5, 5.41) is 9.71. The van der Waals surface area contributed by atoms with Gasteiger partial charge in [-0.15, -0.1) is 0 Å². The SMILES string of the molecule is CCN1CCCCC1Cc1cn2c(n1)CCC(O)C2. The molecule has 0 bridgehead atoms. The zero-order valence-electron chi connectivity index (χ0n) is 11.9. The summed E-state index contributed by atoms with van der Waals surface area (Å²) < 4.78 is 2.16. The minimum atomic E-state index is -0.184. The number of nitrogens with zero attached hydrogens (tertiary/aromatic N) is 3. The summed E-state index contributed by atoms with van der Waals surface area (Å²) in [4.78, 5) is 7.37. The molecule has 4 nitrogen and oxygen atoms in total. The molecule has 19 heavy (non-hydrogen) atoms. The summed E-state index contributed by atoms with van der Waals surface area (Å²) in [6.07, 6.45) is 8.84. The van der Waals surface area contributed by atoms with Crippen molar-refractivity contribution in [2.45, 2.75) is 64.1 Å². The van der Waals surface area contributed by atoms with Crippen LogP contribution >= 0.6 is 0 Å². The first-order chi connectivity index (χ1) is 9.26. The molecule has 2 aliphatic rings. The van der Waals surface area contributed by atoms with Gasteiger partial charge in [0.05, 0.1) is 11.8 Å². The standard InChI is InChI=1S/C15H25N3O/c1-2-17-8-4-3-5-13(17)9-12-10-18-11-14(19)6-7-15(18)16-12/h10,13-14,19H,2-9,11H2,1H3. The number of rotatable bonds is 3. The number of likely N-dealkylation sites (tertiary alicyclic amines) is 1. The summed E-state index contributed by atoms with van der Waals surface area (Å²) in [5.41, 5.74) is 1.22. The fraction of sp³-hybridized carbons (Fsp3) is 0.800. The Balaban J connectivity index is 1.69. The van der Waals surface area contributed by atoms with Crippen molar-refractivity contribution in [1.29, 1.82) is 0 Å². The van der Waals surface area contributed by atoms with Gasteiger partial charge >= 0.3 is 0 Å². The zero-order chi connectivity index (χ0) is 13.2. The summed E-state index contributed by atoms with van der Waals surface area (Å²) in [6, 6.07) is 0.667. The minimum absolute atomic E-state index is 0.184. The molecule has 0 saturated carbocycles. The molecule has 3 rings (SSSR count). The summed E-state index contributed by atoms with van der Waals surface area (Å²) in [7, 11) is 0. The van der Waals surface area contributed by atoms with E-state index in [0.29, 0.717) is 6.04 Å². The lowest BCUT2D eigenvalue weighted by Crippen LogP contribution is -2.40. The summed E-state index contributed by atoms with van der Waals surface area (Å²) in [5.74, 6) is 1.17. The van der Waals surface area contributed by atoms with Crippen LogP contribution in [0.25, 0.3) is 0 Å². The second-order valence-corrected chi connectivity index (χ2v) is 5.98. The van der Waals surface area contributed by atoms with Crippen molar-refractivity contribution in [1.82, 2.24) is 14.5 Å². The van der Waals surface area contributed by atoms with Gasteiger partial charge in [-0.05, 0) is 32.4 Å². The number of likely N-dealkylation sites (N-methyl/N-ethyl adjacent to an activating group) is 1. The van der Waals surface area contributed by atoms with E-state index in [1.165, 1.54) is 37.3 Å². The Morgan fingerprint density at radius 1 is 1.37 bits per heavy atom. The van der Waals surface area contributed by atoms with Crippen molar-refractivity contribution < 1.29 is 5.11 Å². The molecule has 1 N–H and O–H groups in total. The molecule has 1 fully saturated rings. The predicted octanol–water partition coefficient (Wildman–Crippen LogP) is 1.61. The maximum absolute atomic E-state index is 9.71. The predicted molar refractivity (Wildman–Crippen MR) is 75.1 cm³/mol. The van der Waals surface area contributed by atoms with Gasteiger partial charge in [0.25, 0.3) is 0 Å². The first kappa shape index (κ1) is 13.1. The van der Waals surface area contributed by atoms with Crippen LogP contribution in [0.3, 0.4) is 0 Å². The Kier molecular flexibility index (Phi) is 3.89. The topological polar surface area (TPSA) is 41.3 Å². The highest BCUT2D eigenvalue weighted by molar-refractivity contribution is 5.09. The van der Waals surface area contributed by atoms with Gasteiger partial charge in [-0.3, -0.25) is 0 Å². The van der Waals surface area contributed by atoms with Gasteiger partial charge in [0.15, 0.2) is 0 Å². The molecule has 4 heteroatoms. The highest BCUT2D eigenvalue weighted by atomic mass is 16.3. The monoisotopic (exact) mass is 263 g/mol. The Morgan fingerprint density at radius 2 is 2.26 bits per heavy atom. The van der Waals surface area contributed by atoms with Crippen molar-refractivity contribution in [2.75, 3.05) is 13.1 Å². The number of imidazole rings is 1. The quantitative estimate of drug-likeness (QED) is 0.901. The normalized spacial score (nSPS) is 28.3. The Morgan fingerprint density at radius 3 is 3.11 bits per heavy atom. The lowest BCUT2D eigenvalue weighted by molar-refractivity contribution is 0.130. The van der Waals surface area contributed by atoms with E-state index in [1.807, 2.05) is 0 Å². The highest BCUT2D eigenvalue weighted by Gasteiger charge is 2.24. The van der Waals surface area contributed by atoms with Gasteiger partial charge in [0, 0.05) is 31.6 Å². The third kappa shape index (κ3) is 2.84. The van der Waals surface area contributed by atoms with Crippen LogP contribution < -0.4 is 0 Å². The van der Waals surface area contributed by atoms with Crippen LogP contribution in [0.15, 0.2) is 6.20 Å².